The molecule has 0 saturated carbocycles. The number of rotatable bonds is 5. The molecule has 3 nitrogen and oxygen atoms in total. The van der Waals surface area contributed by atoms with Gasteiger partial charge in [-0.15, -0.1) is 0 Å². The molecular formula is C17H21NO2. The van der Waals surface area contributed by atoms with Crippen molar-refractivity contribution in [3.63, 3.8) is 0 Å². The van der Waals surface area contributed by atoms with E-state index in [0.29, 0.717) is 6.61 Å². The van der Waals surface area contributed by atoms with Crippen LogP contribution in [-0.2, 0) is 6.61 Å². The quantitative estimate of drug-likeness (QED) is 0.903. The van der Waals surface area contributed by atoms with E-state index in [0.717, 1.165) is 28.2 Å². The van der Waals surface area contributed by atoms with Gasteiger partial charge in [-0.1, -0.05) is 24.3 Å². The summed E-state index contributed by atoms with van der Waals surface area (Å²) in [6.45, 7) is 4.56. The Kier molecular flexibility index (Phi) is 4.64. The fourth-order valence-corrected chi connectivity index (χ4v) is 2.00. The van der Waals surface area contributed by atoms with E-state index in [2.05, 4.69) is 6.07 Å². The molecule has 1 unspecified atom stereocenters. The van der Waals surface area contributed by atoms with E-state index in [1.165, 1.54) is 0 Å². The number of hydrogen-bond donors (Lipinski definition) is 1. The van der Waals surface area contributed by atoms with Gasteiger partial charge in [0.1, 0.15) is 18.1 Å². The van der Waals surface area contributed by atoms with Crippen molar-refractivity contribution in [1.29, 1.82) is 0 Å². The van der Waals surface area contributed by atoms with Crippen LogP contribution in [0.4, 0.5) is 0 Å². The van der Waals surface area contributed by atoms with Crippen LogP contribution >= 0.6 is 0 Å². The van der Waals surface area contributed by atoms with Crippen LogP contribution in [0.25, 0.3) is 0 Å². The normalized spacial score (nSPS) is 12.0. The van der Waals surface area contributed by atoms with Gasteiger partial charge in [0.15, 0.2) is 0 Å². The van der Waals surface area contributed by atoms with Crippen LogP contribution in [0, 0.1) is 6.92 Å². The maximum absolute atomic E-state index is 5.87. The van der Waals surface area contributed by atoms with E-state index < -0.39 is 0 Å². The van der Waals surface area contributed by atoms with Crippen LogP contribution in [0.2, 0.25) is 0 Å². The van der Waals surface area contributed by atoms with Gasteiger partial charge in [-0.3, -0.25) is 0 Å². The Hall–Kier alpha value is -2.00. The summed E-state index contributed by atoms with van der Waals surface area (Å²) in [5.74, 6) is 1.75. The molecule has 0 fully saturated rings. The molecule has 20 heavy (non-hydrogen) atoms. The Morgan fingerprint density at radius 1 is 1.10 bits per heavy atom. The van der Waals surface area contributed by atoms with Crippen molar-refractivity contribution >= 4 is 0 Å². The lowest BCUT2D eigenvalue weighted by molar-refractivity contribution is 0.303. The van der Waals surface area contributed by atoms with Crippen molar-refractivity contribution in [2.24, 2.45) is 5.73 Å². The summed E-state index contributed by atoms with van der Waals surface area (Å²) in [5.41, 5.74) is 9.21. The van der Waals surface area contributed by atoms with Crippen molar-refractivity contribution < 1.29 is 9.47 Å². The minimum absolute atomic E-state index is 0.0457. The highest BCUT2D eigenvalue weighted by molar-refractivity contribution is 5.37. The Morgan fingerprint density at radius 2 is 1.80 bits per heavy atom. The minimum Gasteiger partial charge on any atom is -0.497 e. The first kappa shape index (κ1) is 14.4. The summed E-state index contributed by atoms with van der Waals surface area (Å²) in [5, 5.41) is 0. The van der Waals surface area contributed by atoms with E-state index in [1.54, 1.807) is 7.11 Å². The number of nitrogens with two attached hydrogens (primary N) is 1. The van der Waals surface area contributed by atoms with Gasteiger partial charge < -0.3 is 15.2 Å². The minimum atomic E-state index is 0.0457. The summed E-state index contributed by atoms with van der Waals surface area (Å²) in [4.78, 5) is 0. The molecule has 0 spiro atoms. The maximum Gasteiger partial charge on any atom is 0.122 e. The molecule has 3 heteroatoms. The zero-order chi connectivity index (χ0) is 14.5. The van der Waals surface area contributed by atoms with Crippen LogP contribution < -0.4 is 15.2 Å². The lowest BCUT2D eigenvalue weighted by atomic mass is 10.1. The third kappa shape index (κ3) is 3.52. The highest BCUT2D eigenvalue weighted by Gasteiger charge is 2.05. The number of methoxy groups -OCH3 is 1. The summed E-state index contributed by atoms with van der Waals surface area (Å²) >= 11 is 0. The largest absolute Gasteiger partial charge is 0.497 e. The first-order chi connectivity index (χ1) is 9.60. The van der Waals surface area contributed by atoms with Gasteiger partial charge in [-0.25, -0.2) is 0 Å². The van der Waals surface area contributed by atoms with Crippen molar-refractivity contribution in [2.45, 2.75) is 26.5 Å². The van der Waals surface area contributed by atoms with E-state index in [1.807, 2.05) is 50.2 Å². The Morgan fingerprint density at radius 3 is 2.35 bits per heavy atom. The van der Waals surface area contributed by atoms with Crippen LogP contribution in [0.1, 0.15) is 29.7 Å². The monoisotopic (exact) mass is 271 g/mol. The van der Waals surface area contributed by atoms with Crippen molar-refractivity contribution in [3.05, 3.63) is 59.2 Å². The van der Waals surface area contributed by atoms with Gasteiger partial charge in [-0.2, -0.15) is 0 Å². The molecule has 106 valence electrons. The van der Waals surface area contributed by atoms with Crippen LogP contribution in [0.15, 0.2) is 42.5 Å². The molecule has 0 radical (unpaired) electrons. The topological polar surface area (TPSA) is 44.5 Å². The molecule has 0 aliphatic heterocycles. The zero-order valence-electron chi connectivity index (χ0n) is 12.2. The van der Waals surface area contributed by atoms with Crippen LogP contribution in [0.3, 0.4) is 0 Å². The van der Waals surface area contributed by atoms with E-state index in [4.69, 9.17) is 15.2 Å². The summed E-state index contributed by atoms with van der Waals surface area (Å²) in [7, 11) is 1.66. The average Bonchev–Trinajstić information content (AvgIpc) is 2.46. The molecule has 0 aromatic heterocycles. The lowest BCUT2D eigenvalue weighted by Gasteiger charge is -2.12. The van der Waals surface area contributed by atoms with Gasteiger partial charge in [0, 0.05) is 6.04 Å². The fourth-order valence-electron chi connectivity index (χ4n) is 2.00. The van der Waals surface area contributed by atoms with Gasteiger partial charge in [-0.05, 0) is 48.7 Å². The Balaban J connectivity index is 2.03. The SMILES string of the molecule is COc1ccc(COc2ccc(C(C)N)cc2C)cc1. The second-order valence-electron chi connectivity index (χ2n) is 4.95. The number of aryl methyl sites for hydroxylation is 1. The highest BCUT2D eigenvalue weighted by atomic mass is 16.5. The number of hydrogen-bond acceptors (Lipinski definition) is 3. The molecule has 0 aliphatic rings. The third-order valence-corrected chi connectivity index (χ3v) is 3.28. The standard InChI is InChI=1S/C17H21NO2/c1-12-10-15(13(2)18)6-9-17(12)20-11-14-4-7-16(19-3)8-5-14/h4-10,13H,11,18H2,1-3H3. The number of ether oxygens (including phenoxy) is 2. The number of benzene rings is 2. The zero-order valence-corrected chi connectivity index (χ0v) is 12.2. The third-order valence-electron chi connectivity index (χ3n) is 3.28. The lowest BCUT2D eigenvalue weighted by Crippen LogP contribution is -2.05. The van der Waals surface area contributed by atoms with Crippen molar-refractivity contribution in [1.82, 2.24) is 0 Å². The fraction of sp³-hybridized carbons (Fsp3) is 0.294. The Bertz CT molecular complexity index is 562. The van der Waals surface area contributed by atoms with Crippen molar-refractivity contribution in [2.75, 3.05) is 7.11 Å². The molecule has 0 saturated heterocycles. The van der Waals surface area contributed by atoms with Gasteiger partial charge >= 0.3 is 0 Å². The molecule has 1 atom stereocenters. The molecule has 0 amide bonds. The maximum atomic E-state index is 5.87. The summed E-state index contributed by atoms with van der Waals surface area (Å²) < 4.78 is 11.0. The predicted molar refractivity (Wildman–Crippen MR) is 81.1 cm³/mol. The average molecular weight is 271 g/mol. The van der Waals surface area contributed by atoms with Crippen LogP contribution in [0.5, 0.6) is 11.5 Å². The van der Waals surface area contributed by atoms with Gasteiger partial charge in [0.2, 0.25) is 0 Å². The predicted octanol–water partition coefficient (Wildman–Crippen LogP) is 3.60. The Labute approximate surface area is 120 Å². The molecule has 2 aromatic rings. The molecular weight excluding hydrogens is 250 g/mol. The van der Waals surface area contributed by atoms with Gasteiger partial charge in [0.05, 0.1) is 7.11 Å². The molecule has 0 aliphatic carbocycles. The van der Waals surface area contributed by atoms with Gasteiger partial charge in [0.25, 0.3) is 0 Å². The second kappa shape index (κ2) is 6.44. The first-order valence-electron chi connectivity index (χ1n) is 6.72. The highest BCUT2D eigenvalue weighted by Crippen LogP contribution is 2.23. The van der Waals surface area contributed by atoms with Crippen molar-refractivity contribution in [3.8, 4) is 11.5 Å². The summed E-state index contributed by atoms with van der Waals surface area (Å²) in [6.07, 6.45) is 0. The molecule has 2 aromatic carbocycles. The molecule has 2 N–H and O–H groups in total. The summed E-state index contributed by atoms with van der Waals surface area (Å²) in [6, 6.07) is 14.0. The van der Waals surface area contributed by atoms with Crippen LogP contribution in [-0.4, -0.2) is 7.11 Å². The molecule has 0 heterocycles. The van der Waals surface area contributed by atoms with E-state index in [-0.39, 0.29) is 6.04 Å². The molecule has 2 rings (SSSR count). The van der Waals surface area contributed by atoms with E-state index >= 15 is 0 Å². The second-order valence-corrected chi connectivity index (χ2v) is 4.95. The smallest absolute Gasteiger partial charge is 0.122 e. The molecule has 0 bridgehead atoms. The first-order valence-corrected chi connectivity index (χ1v) is 6.72. The van der Waals surface area contributed by atoms with E-state index in [9.17, 15) is 0 Å².